The van der Waals surface area contributed by atoms with Gasteiger partial charge < -0.3 is 10.1 Å². The third kappa shape index (κ3) is 3.78. The Bertz CT molecular complexity index is 397. The van der Waals surface area contributed by atoms with Crippen LogP contribution in [-0.2, 0) is 16.0 Å². The lowest BCUT2D eigenvalue weighted by Crippen LogP contribution is -2.32. The van der Waals surface area contributed by atoms with Crippen molar-refractivity contribution >= 4 is 17.2 Å². The van der Waals surface area contributed by atoms with Crippen molar-refractivity contribution in [2.75, 3.05) is 13.2 Å². The highest BCUT2D eigenvalue weighted by molar-refractivity contribution is 7.09. The molecule has 1 aliphatic rings. The lowest BCUT2D eigenvalue weighted by atomic mass is 10.2. The fourth-order valence-electron chi connectivity index (χ4n) is 1.93. The van der Waals surface area contributed by atoms with Crippen molar-refractivity contribution in [1.82, 2.24) is 10.3 Å². The zero-order valence-electron chi connectivity index (χ0n) is 10.9. The maximum absolute atomic E-state index is 11.7. The monoisotopic (exact) mass is 268 g/mol. The second-order valence-electron chi connectivity index (χ2n) is 4.95. The number of aromatic nitrogens is 1. The van der Waals surface area contributed by atoms with Crippen molar-refractivity contribution in [3.05, 3.63) is 16.1 Å². The smallest absolute Gasteiger partial charge is 0.226 e. The number of amides is 1. The molecule has 1 saturated heterocycles. The Morgan fingerprint density at radius 2 is 2.50 bits per heavy atom. The van der Waals surface area contributed by atoms with Crippen molar-refractivity contribution in [3.63, 3.8) is 0 Å². The number of carbonyl (C=O) groups is 1. The first-order valence-corrected chi connectivity index (χ1v) is 7.35. The predicted octanol–water partition coefficient (Wildman–Crippen LogP) is 2.10. The number of hydrogen-bond donors (Lipinski definition) is 1. The summed E-state index contributed by atoms with van der Waals surface area (Å²) in [6.07, 6.45) is 2.73. The van der Waals surface area contributed by atoms with Crippen LogP contribution in [-0.4, -0.2) is 30.1 Å². The summed E-state index contributed by atoms with van der Waals surface area (Å²) in [5, 5.41) is 5.98. The normalized spacial score (nSPS) is 19.4. The van der Waals surface area contributed by atoms with E-state index in [-0.39, 0.29) is 12.0 Å². The van der Waals surface area contributed by atoms with E-state index in [9.17, 15) is 4.79 Å². The van der Waals surface area contributed by atoms with E-state index < -0.39 is 0 Å². The summed E-state index contributed by atoms with van der Waals surface area (Å²) >= 11 is 1.63. The highest BCUT2D eigenvalue weighted by atomic mass is 32.1. The Morgan fingerprint density at radius 1 is 1.67 bits per heavy atom. The number of hydrogen-bond acceptors (Lipinski definition) is 4. The number of ether oxygens (including phenoxy) is 1. The van der Waals surface area contributed by atoms with E-state index in [2.05, 4.69) is 24.1 Å². The summed E-state index contributed by atoms with van der Waals surface area (Å²) in [5.74, 6) is 0.463. The molecule has 4 nitrogen and oxygen atoms in total. The van der Waals surface area contributed by atoms with Crippen LogP contribution in [0.1, 0.15) is 43.3 Å². The van der Waals surface area contributed by atoms with Gasteiger partial charge in [-0.3, -0.25) is 4.79 Å². The molecular formula is C13H20N2O2S. The molecule has 5 heteroatoms. The Kier molecular flexibility index (Phi) is 4.72. The Balaban J connectivity index is 1.75. The Labute approximate surface area is 112 Å². The summed E-state index contributed by atoms with van der Waals surface area (Å²) in [4.78, 5) is 16.2. The number of carbonyl (C=O) groups excluding carboxylic acids is 1. The average molecular weight is 268 g/mol. The van der Waals surface area contributed by atoms with Crippen LogP contribution in [0.3, 0.4) is 0 Å². The molecule has 0 saturated carbocycles. The van der Waals surface area contributed by atoms with E-state index in [1.165, 1.54) is 0 Å². The molecule has 1 N–H and O–H groups in total. The fourth-order valence-corrected chi connectivity index (χ4v) is 2.76. The summed E-state index contributed by atoms with van der Waals surface area (Å²) in [7, 11) is 0. The number of nitrogens with zero attached hydrogens (tertiary/aromatic N) is 1. The molecule has 2 rings (SSSR count). The lowest BCUT2D eigenvalue weighted by molar-refractivity contribution is -0.121. The maximum atomic E-state index is 11.7. The zero-order chi connectivity index (χ0) is 13.0. The van der Waals surface area contributed by atoms with Crippen molar-refractivity contribution in [2.24, 2.45) is 0 Å². The van der Waals surface area contributed by atoms with Crippen LogP contribution < -0.4 is 5.32 Å². The van der Waals surface area contributed by atoms with Crippen LogP contribution in [0.4, 0.5) is 0 Å². The van der Waals surface area contributed by atoms with Crippen LogP contribution in [0.15, 0.2) is 5.38 Å². The number of rotatable bonds is 5. The van der Waals surface area contributed by atoms with E-state index in [1.54, 1.807) is 11.3 Å². The third-order valence-electron chi connectivity index (χ3n) is 2.96. The minimum Gasteiger partial charge on any atom is -0.376 e. The van der Waals surface area contributed by atoms with E-state index in [0.717, 1.165) is 30.2 Å². The van der Waals surface area contributed by atoms with Gasteiger partial charge in [0.15, 0.2) is 0 Å². The molecule has 0 radical (unpaired) electrons. The Morgan fingerprint density at radius 3 is 3.11 bits per heavy atom. The molecule has 1 amide bonds. The zero-order valence-corrected chi connectivity index (χ0v) is 11.8. The minimum atomic E-state index is 0.0334. The highest BCUT2D eigenvalue weighted by Crippen LogP contribution is 2.19. The van der Waals surface area contributed by atoms with Gasteiger partial charge in [0.25, 0.3) is 0 Å². The first kappa shape index (κ1) is 13.5. The van der Waals surface area contributed by atoms with E-state index >= 15 is 0 Å². The van der Waals surface area contributed by atoms with Crippen LogP contribution >= 0.6 is 11.3 Å². The summed E-state index contributed by atoms with van der Waals surface area (Å²) in [6, 6.07) is 0. The van der Waals surface area contributed by atoms with Gasteiger partial charge in [-0.15, -0.1) is 11.3 Å². The number of thiazole rings is 1. The lowest BCUT2D eigenvalue weighted by Gasteiger charge is -2.10. The molecule has 0 aliphatic carbocycles. The van der Waals surface area contributed by atoms with Crippen molar-refractivity contribution in [1.29, 1.82) is 0 Å². The minimum absolute atomic E-state index is 0.0334. The van der Waals surface area contributed by atoms with Crippen LogP contribution in [0.2, 0.25) is 0 Å². The van der Waals surface area contributed by atoms with Gasteiger partial charge in [-0.2, -0.15) is 0 Å². The Hall–Kier alpha value is -0.940. The van der Waals surface area contributed by atoms with Crippen molar-refractivity contribution in [2.45, 2.75) is 45.1 Å². The van der Waals surface area contributed by atoms with Gasteiger partial charge in [-0.05, 0) is 12.8 Å². The predicted molar refractivity (Wildman–Crippen MR) is 71.9 cm³/mol. The SMILES string of the molecule is CC(C)c1nc(CC(=O)NC[C@@H]2CCCO2)cs1. The first-order valence-electron chi connectivity index (χ1n) is 6.47. The summed E-state index contributed by atoms with van der Waals surface area (Å²) in [6.45, 7) is 5.67. The van der Waals surface area contributed by atoms with Gasteiger partial charge in [0.05, 0.1) is 23.2 Å². The van der Waals surface area contributed by atoms with Gasteiger partial charge >= 0.3 is 0 Å². The van der Waals surface area contributed by atoms with Crippen LogP contribution in [0.25, 0.3) is 0 Å². The summed E-state index contributed by atoms with van der Waals surface area (Å²) < 4.78 is 5.46. The molecule has 0 spiro atoms. The van der Waals surface area contributed by atoms with Crippen LogP contribution in [0.5, 0.6) is 0 Å². The third-order valence-corrected chi connectivity index (χ3v) is 4.15. The molecule has 1 aromatic rings. The summed E-state index contributed by atoms with van der Waals surface area (Å²) in [5.41, 5.74) is 0.869. The molecule has 2 heterocycles. The molecule has 1 aliphatic heterocycles. The van der Waals surface area contributed by atoms with Gasteiger partial charge in [-0.1, -0.05) is 13.8 Å². The quantitative estimate of drug-likeness (QED) is 0.889. The molecule has 0 aromatic carbocycles. The fraction of sp³-hybridized carbons (Fsp3) is 0.692. The second kappa shape index (κ2) is 6.29. The van der Waals surface area contributed by atoms with Gasteiger partial charge in [-0.25, -0.2) is 4.98 Å². The maximum Gasteiger partial charge on any atom is 0.226 e. The van der Waals surface area contributed by atoms with E-state index in [0.29, 0.717) is 18.9 Å². The standard InChI is InChI=1S/C13H20N2O2S/c1-9(2)13-15-10(8-18-13)6-12(16)14-7-11-4-3-5-17-11/h8-9,11H,3-7H2,1-2H3,(H,14,16)/t11-/m0/s1. The molecule has 1 atom stereocenters. The largest absolute Gasteiger partial charge is 0.376 e. The van der Waals surface area contributed by atoms with Gasteiger partial charge in [0.2, 0.25) is 5.91 Å². The van der Waals surface area contributed by atoms with Crippen molar-refractivity contribution in [3.8, 4) is 0 Å². The highest BCUT2D eigenvalue weighted by Gasteiger charge is 2.16. The number of nitrogens with one attached hydrogen (secondary N) is 1. The van der Waals surface area contributed by atoms with Gasteiger partial charge in [0.1, 0.15) is 0 Å². The van der Waals surface area contributed by atoms with Crippen molar-refractivity contribution < 1.29 is 9.53 Å². The van der Waals surface area contributed by atoms with E-state index in [4.69, 9.17) is 4.74 Å². The molecule has 1 fully saturated rings. The second-order valence-corrected chi connectivity index (χ2v) is 5.84. The van der Waals surface area contributed by atoms with Gasteiger partial charge in [0, 0.05) is 24.4 Å². The molecular weight excluding hydrogens is 248 g/mol. The molecule has 0 bridgehead atoms. The van der Waals surface area contributed by atoms with Crippen LogP contribution in [0, 0.1) is 0 Å². The molecule has 18 heavy (non-hydrogen) atoms. The topological polar surface area (TPSA) is 51.2 Å². The van der Waals surface area contributed by atoms with E-state index in [1.807, 2.05) is 5.38 Å². The molecule has 1 aromatic heterocycles. The molecule has 100 valence electrons. The average Bonchev–Trinajstić information content (AvgIpc) is 2.96. The molecule has 0 unspecified atom stereocenters. The first-order chi connectivity index (χ1) is 8.65.